The molecule has 39 heavy (non-hydrogen) atoms. The van der Waals surface area contributed by atoms with Crippen LogP contribution < -0.4 is 10.1 Å². The fourth-order valence-corrected chi connectivity index (χ4v) is 6.35. The molecular formula is C26H31N5O6S2. The van der Waals surface area contributed by atoms with Crippen LogP contribution in [0.5, 0.6) is 5.75 Å². The number of para-hydroxylation sites is 2. The van der Waals surface area contributed by atoms with Crippen LogP contribution in [0.3, 0.4) is 0 Å². The number of morpholine rings is 1. The summed E-state index contributed by atoms with van der Waals surface area (Å²) in [5.74, 6) is 1.12. The van der Waals surface area contributed by atoms with Crippen LogP contribution in [0.4, 0.5) is 0 Å². The summed E-state index contributed by atoms with van der Waals surface area (Å²) in [6.45, 7) is 3.32. The van der Waals surface area contributed by atoms with Crippen molar-refractivity contribution in [2.45, 2.75) is 29.8 Å². The number of aromatic nitrogens is 3. The molecule has 0 spiro atoms. The second-order valence-electron chi connectivity index (χ2n) is 8.75. The molecule has 0 unspecified atom stereocenters. The number of amides is 1. The maximum atomic E-state index is 13.0. The molecule has 0 radical (unpaired) electrons. The van der Waals surface area contributed by atoms with Crippen LogP contribution in [-0.4, -0.2) is 84.9 Å². The highest BCUT2D eigenvalue weighted by Gasteiger charge is 2.26. The van der Waals surface area contributed by atoms with E-state index in [9.17, 15) is 18.0 Å². The second-order valence-corrected chi connectivity index (χ2v) is 11.6. The highest BCUT2D eigenvalue weighted by molar-refractivity contribution is 7.99. The number of methoxy groups -OCH3 is 1. The number of hydrogen-bond acceptors (Lipinski definition) is 9. The van der Waals surface area contributed by atoms with Gasteiger partial charge in [-0.2, -0.15) is 4.31 Å². The van der Waals surface area contributed by atoms with E-state index in [4.69, 9.17) is 9.47 Å². The summed E-state index contributed by atoms with van der Waals surface area (Å²) in [7, 11) is -2.05. The van der Waals surface area contributed by atoms with E-state index in [0.717, 1.165) is 5.69 Å². The Balaban J connectivity index is 1.49. The highest BCUT2D eigenvalue weighted by atomic mass is 32.2. The van der Waals surface area contributed by atoms with E-state index in [1.807, 2.05) is 28.8 Å². The summed E-state index contributed by atoms with van der Waals surface area (Å²) in [5, 5.41) is 12.0. The molecule has 1 aliphatic rings. The van der Waals surface area contributed by atoms with Crippen LogP contribution in [-0.2, 0) is 26.0 Å². The van der Waals surface area contributed by atoms with Crippen molar-refractivity contribution in [3.05, 3.63) is 59.9 Å². The number of ether oxygens (including phenoxy) is 2. The highest BCUT2D eigenvalue weighted by Crippen LogP contribution is 2.29. The molecule has 0 saturated carbocycles. The maximum Gasteiger partial charge on any atom is 0.243 e. The maximum absolute atomic E-state index is 13.0. The molecule has 1 amide bonds. The number of nitrogens with one attached hydrogen (secondary N) is 1. The monoisotopic (exact) mass is 573 g/mol. The number of nitrogens with zero attached hydrogens (tertiary/aromatic N) is 4. The van der Waals surface area contributed by atoms with Gasteiger partial charge >= 0.3 is 0 Å². The van der Waals surface area contributed by atoms with Gasteiger partial charge < -0.3 is 14.8 Å². The zero-order valence-electron chi connectivity index (χ0n) is 21.8. The smallest absolute Gasteiger partial charge is 0.243 e. The third-order valence-electron chi connectivity index (χ3n) is 6.09. The van der Waals surface area contributed by atoms with Crippen molar-refractivity contribution in [2.75, 3.05) is 45.7 Å². The number of sulfonamides is 1. The van der Waals surface area contributed by atoms with E-state index in [2.05, 4.69) is 15.5 Å². The third kappa shape index (κ3) is 7.04. The number of aryl methyl sites for hydroxylation is 1. The van der Waals surface area contributed by atoms with E-state index in [1.165, 1.54) is 47.3 Å². The molecular weight excluding hydrogens is 542 g/mol. The quantitative estimate of drug-likeness (QED) is 0.197. The minimum atomic E-state index is -3.63. The van der Waals surface area contributed by atoms with Crippen molar-refractivity contribution in [2.24, 2.45) is 0 Å². The molecule has 2 heterocycles. The first kappa shape index (κ1) is 28.7. The molecule has 1 N–H and O–H groups in total. The zero-order valence-corrected chi connectivity index (χ0v) is 23.5. The van der Waals surface area contributed by atoms with Gasteiger partial charge in [0.1, 0.15) is 11.6 Å². The molecule has 1 aliphatic heterocycles. The molecule has 1 aromatic heterocycles. The normalized spacial score (nSPS) is 14.2. The van der Waals surface area contributed by atoms with Gasteiger partial charge in [-0.1, -0.05) is 36.0 Å². The Morgan fingerprint density at radius 1 is 1.08 bits per heavy atom. The Bertz CT molecular complexity index is 1400. The Labute approximate surface area is 231 Å². The first-order valence-corrected chi connectivity index (χ1v) is 14.9. The number of rotatable bonds is 12. The predicted molar refractivity (Wildman–Crippen MR) is 146 cm³/mol. The fraction of sp³-hybridized carbons (Fsp3) is 0.385. The lowest BCUT2D eigenvalue weighted by Gasteiger charge is -2.26. The number of Topliss-reactive ketones (excluding diaryl/α,β-unsaturated/α-hetero) is 1. The van der Waals surface area contributed by atoms with E-state index >= 15 is 0 Å². The van der Waals surface area contributed by atoms with E-state index in [0.29, 0.717) is 68.0 Å². The molecule has 1 fully saturated rings. The molecule has 0 atom stereocenters. The molecule has 11 nitrogen and oxygen atoms in total. The summed E-state index contributed by atoms with van der Waals surface area (Å²) in [5.41, 5.74) is 1.15. The number of benzene rings is 2. The summed E-state index contributed by atoms with van der Waals surface area (Å²) in [6, 6.07) is 13.5. The van der Waals surface area contributed by atoms with Gasteiger partial charge in [-0.05, 0) is 30.7 Å². The summed E-state index contributed by atoms with van der Waals surface area (Å²) in [4.78, 5) is 24.4. The molecule has 2 aromatic carbocycles. The standard InChI is InChI=1S/C26H31N5O6S2/c1-19(32)27-13-5-8-25-28-29-26(31(25)22-6-3-4-7-24(22)36-2)38-18-23(33)20-9-11-21(12-10-20)39(34,35)30-14-16-37-17-15-30/h3-4,6-7,9-12H,5,8,13-18H2,1-2H3,(H,27,32). The van der Waals surface area contributed by atoms with Gasteiger partial charge in [-0.15, -0.1) is 10.2 Å². The molecule has 0 bridgehead atoms. The lowest BCUT2D eigenvalue weighted by atomic mass is 10.1. The molecule has 3 aromatic rings. The predicted octanol–water partition coefficient (Wildman–Crippen LogP) is 2.34. The van der Waals surface area contributed by atoms with Crippen molar-refractivity contribution in [3.63, 3.8) is 0 Å². The number of carbonyl (C=O) groups excluding carboxylic acids is 2. The first-order chi connectivity index (χ1) is 18.8. The van der Waals surface area contributed by atoms with Gasteiger partial charge in [-0.25, -0.2) is 8.42 Å². The first-order valence-electron chi connectivity index (χ1n) is 12.5. The van der Waals surface area contributed by atoms with Gasteiger partial charge in [0, 0.05) is 38.5 Å². The summed E-state index contributed by atoms with van der Waals surface area (Å²) < 4.78 is 39.8. The number of ketones is 1. The SMILES string of the molecule is COc1ccccc1-n1c(CCCNC(C)=O)nnc1SCC(=O)c1ccc(S(=O)(=O)N2CCOCC2)cc1. The van der Waals surface area contributed by atoms with Crippen LogP contribution in [0, 0.1) is 0 Å². The van der Waals surface area contributed by atoms with Crippen LogP contribution in [0.1, 0.15) is 29.5 Å². The zero-order chi connectivity index (χ0) is 27.8. The minimum Gasteiger partial charge on any atom is -0.495 e. The molecule has 1 saturated heterocycles. The van der Waals surface area contributed by atoms with E-state index < -0.39 is 10.0 Å². The van der Waals surface area contributed by atoms with Crippen molar-refractivity contribution >= 4 is 33.5 Å². The van der Waals surface area contributed by atoms with Crippen LogP contribution in [0.15, 0.2) is 58.6 Å². The van der Waals surface area contributed by atoms with Crippen molar-refractivity contribution < 1.29 is 27.5 Å². The molecule has 208 valence electrons. The van der Waals surface area contributed by atoms with Gasteiger partial charge in [0.25, 0.3) is 0 Å². The lowest BCUT2D eigenvalue weighted by molar-refractivity contribution is -0.118. The van der Waals surface area contributed by atoms with Crippen molar-refractivity contribution in [1.29, 1.82) is 0 Å². The number of hydrogen-bond donors (Lipinski definition) is 1. The van der Waals surface area contributed by atoms with Gasteiger partial charge in [0.05, 0.1) is 36.7 Å². The average Bonchev–Trinajstić information content (AvgIpc) is 3.36. The van der Waals surface area contributed by atoms with Gasteiger partial charge in [-0.3, -0.25) is 14.2 Å². The summed E-state index contributed by atoms with van der Waals surface area (Å²) >= 11 is 1.24. The van der Waals surface area contributed by atoms with Crippen LogP contribution in [0.2, 0.25) is 0 Å². The van der Waals surface area contributed by atoms with Gasteiger partial charge in [0.15, 0.2) is 10.9 Å². The average molecular weight is 574 g/mol. The second kappa shape index (κ2) is 13.2. The topological polar surface area (TPSA) is 133 Å². The van der Waals surface area contributed by atoms with Crippen molar-refractivity contribution in [3.8, 4) is 11.4 Å². The Morgan fingerprint density at radius 3 is 2.49 bits per heavy atom. The fourth-order valence-electron chi connectivity index (χ4n) is 4.09. The van der Waals surface area contributed by atoms with Crippen LogP contribution in [0.25, 0.3) is 5.69 Å². The molecule has 0 aliphatic carbocycles. The number of carbonyl (C=O) groups is 2. The Hall–Kier alpha value is -3.26. The lowest BCUT2D eigenvalue weighted by Crippen LogP contribution is -2.40. The summed E-state index contributed by atoms with van der Waals surface area (Å²) in [6.07, 6.45) is 1.22. The minimum absolute atomic E-state index is 0.0781. The Kier molecular flexibility index (Phi) is 9.73. The molecule has 4 rings (SSSR count). The van der Waals surface area contributed by atoms with Gasteiger partial charge in [0.2, 0.25) is 15.9 Å². The van der Waals surface area contributed by atoms with Crippen LogP contribution >= 0.6 is 11.8 Å². The van der Waals surface area contributed by atoms with Crippen molar-refractivity contribution in [1.82, 2.24) is 24.4 Å². The van der Waals surface area contributed by atoms with E-state index in [-0.39, 0.29) is 22.3 Å². The van der Waals surface area contributed by atoms with E-state index in [1.54, 1.807) is 7.11 Å². The largest absolute Gasteiger partial charge is 0.495 e. The third-order valence-corrected chi connectivity index (χ3v) is 8.94. The Morgan fingerprint density at radius 2 is 1.79 bits per heavy atom. The number of thioether (sulfide) groups is 1. The molecule has 13 heteroatoms.